The molecule has 31 heavy (non-hydrogen) atoms. The van der Waals surface area contributed by atoms with Crippen molar-refractivity contribution in [2.24, 2.45) is 0 Å². The van der Waals surface area contributed by atoms with Gasteiger partial charge in [-0.1, -0.05) is 42.5 Å². The fourth-order valence-corrected chi connectivity index (χ4v) is 3.16. The van der Waals surface area contributed by atoms with Crippen LogP contribution in [0.5, 0.6) is 5.75 Å². The van der Waals surface area contributed by atoms with Gasteiger partial charge >= 0.3 is 0 Å². The van der Waals surface area contributed by atoms with E-state index in [1.54, 1.807) is 16.8 Å². The molecule has 0 aliphatic heterocycles. The summed E-state index contributed by atoms with van der Waals surface area (Å²) >= 11 is 0. The molecule has 4 rings (SSSR count). The number of nitrogens with zero attached hydrogens (tertiary/aromatic N) is 4. The summed E-state index contributed by atoms with van der Waals surface area (Å²) in [6, 6.07) is 24.6. The standard InChI is InChI=1S/C24H23N5O2/c1-17(2)29-23(26-27-28-29)19-9-7-10-20(15-19)24(30)25-21-11-6-8-18(14-21)16-31-22-12-4-3-5-13-22/h3-15,17H,16H2,1-2H3,(H,25,30). The highest BCUT2D eigenvalue weighted by Gasteiger charge is 2.14. The number of ether oxygens (including phenoxy) is 1. The zero-order chi connectivity index (χ0) is 21.6. The first-order valence-corrected chi connectivity index (χ1v) is 10.1. The molecule has 1 aromatic heterocycles. The zero-order valence-electron chi connectivity index (χ0n) is 17.4. The van der Waals surface area contributed by atoms with Gasteiger partial charge in [0.05, 0.1) is 6.04 Å². The van der Waals surface area contributed by atoms with Gasteiger partial charge in [0.15, 0.2) is 5.82 Å². The lowest BCUT2D eigenvalue weighted by Gasteiger charge is -2.10. The molecule has 0 radical (unpaired) electrons. The zero-order valence-corrected chi connectivity index (χ0v) is 17.4. The van der Waals surface area contributed by atoms with E-state index in [1.165, 1.54) is 0 Å². The Morgan fingerprint density at radius 1 is 1.00 bits per heavy atom. The lowest BCUT2D eigenvalue weighted by atomic mass is 10.1. The molecule has 1 N–H and O–H groups in total. The van der Waals surface area contributed by atoms with Crippen LogP contribution in [0.3, 0.4) is 0 Å². The summed E-state index contributed by atoms with van der Waals surface area (Å²) in [5.74, 6) is 1.23. The molecule has 3 aromatic carbocycles. The number of para-hydroxylation sites is 1. The average molecular weight is 413 g/mol. The Morgan fingerprint density at radius 3 is 2.61 bits per heavy atom. The first-order chi connectivity index (χ1) is 15.1. The van der Waals surface area contributed by atoms with Crippen LogP contribution in [-0.2, 0) is 6.61 Å². The fourth-order valence-electron chi connectivity index (χ4n) is 3.16. The number of carbonyl (C=O) groups excluding carboxylic acids is 1. The van der Waals surface area contributed by atoms with Crippen molar-refractivity contribution in [2.45, 2.75) is 26.5 Å². The molecular weight excluding hydrogens is 390 g/mol. The minimum absolute atomic E-state index is 0.114. The molecule has 0 spiro atoms. The minimum atomic E-state index is -0.202. The van der Waals surface area contributed by atoms with Crippen LogP contribution in [0.1, 0.15) is 35.8 Å². The van der Waals surface area contributed by atoms with E-state index in [0.717, 1.165) is 16.9 Å². The van der Waals surface area contributed by atoms with Gasteiger partial charge in [0.25, 0.3) is 5.91 Å². The van der Waals surface area contributed by atoms with Gasteiger partial charge in [-0.3, -0.25) is 4.79 Å². The summed E-state index contributed by atoms with van der Waals surface area (Å²) in [6.45, 7) is 4.43. The number of aromatic nitrogens is 4. The van der Waals surface area contributed by atoms with E-state index in [2.05, 4.69) is 20.8 Å². The van der Waals surface area contributed by atoms with Gasteiger partial charge in [-0.15, -0.1) is 5.10 Å². The van der Waals surface area contributed by atoms with Crippen molar-refractivity contribution < 1.29 is 9.53 Å². The van der Waals surface area contributed by atoms with Gasteiger partial charge < -0.3 is 10.1 Å². The minimum Gasteiger partial charge on any atom is -0.489 e. The van der Waals surface area contributed by atoms with Gasteiger partial charge in [0.1, 0.15) is 12.4 Å². The molecular formula is C24H23N5O2. The third kappa shape index (κ3) is 4.95. The molecule has 0 bridgehead atoms. The van der Waals surface area contributed by atoms with Crippen molar-refractivity contribution in [3.63, 3.8) is 0 Å². The van der Waals surface area contributed by atoms with Crippen molar-refractivity contribution in [2.75, 3.05) is 5.32 Å². The van der Waals surface area contributed by atoms with Crippen molar-refractivity contribution >= 4 is 11.6 Å². The Kier molecular flexibility index (Phi) is 6.03. The molecule has 0 aliphatic carbocycles. The van der Waals surface area contributed by atoms with E-state index < -0.39 is 0 Å². The Morgan fingerprint density at radius 2 is 1.81 bits per heavy atom. The lowest BCUT2D eigenvalue weighted by Crippen LogP contribution is -2.12. The quantitative estimate of drug-likeness (QED) is 0.473. The molecule has 7 heteroatoms. The third-order valence-electron chi connectivity index (χ3n) is 4.70. The number of rotatable bonds is 7. The molecule has 4 aromatic rings. The first-order valence-electron chi connectivity index (χ1n) is 10.1. The number of amides is 1. The van der Waals surface area contributed by atoms with E-state index in [0.29, 0.717) is 23.7 Å². The predicted octanol–water partition coefficient (Wildman–Crippen LogP) is 4.75. The summed E-state index contributed by atoms with van der Waals surface area (Å²) in [7, 11) is 0. The number of benzene rings is 3. The molecule has 1 heterocycles. The van der Waals surface area contributed by atoms with Crippen molar-refractivity contribution in [1.82, 2.24) is 20.2 Å². The van der Waals surface area contributed by atoms with E-state index in [-0.39, 0.29) is 11.9 Å². The molecule has 156 valence electrons. The average Bonchev–Trinajstić information content (AvgIpc) is 3.29. The van der Waals surface area contributed by atoms with E-state index in [9.17, 15) is 4.79 Å². The third-order valence-corrected chi connectivity index (χ3v) is 4.70. The summed E-state index contributed by atoms with van der Waals surface area (Å²) in [4.78, 5) is 12.8. The van der Waals surface area contributed by atoms with Gasteiger partial charge in [-0.2, -0.15) is 0 Å². The maximum Gasteiger partial charge on any atom is 0.255 e. The lowest BCUT2D eigenvalue weighted by molar-refractivity contribution is 0.102. The van der Waals surface area contributed by atoms with Crippen molar-refractivity contribution in [3.8, 4) is 17.1 Å². The predicted molar refractivity (Wildman–Crippen MR) is 119 cm³/mol. The largest absolute Gasteiger partial charge is 0.489 e. The number of nitrogens with one attached hydrogen (secondary N) is 1. The molecule has 0 saturated heterocycles. The van der Waals surface area contributed by atoms with Crippen LogP contribution in [0.4, 0.5) is 5.69 Å². The van der Waals surface area contributed by atoms with Gasteiger partial charge in [-0.05, 0) is 66.2 Å². The number of hydrogen-bond acceptors (Lipinski definition) is 5. The van der Waals surface area contributed by atoms with E-state index in [4.69, 9.17) is 4.74 Å². The van der Waals surface area contributed by atoms with Gasteiger partial charge in [0, 0.05) is 16.8 Å². The van der Waals surface area contributed by atoms with Crippen molar-refractivity contribution in [1.29, 1.82) is 0 Å². The Hall–Kier alpha value is -4.00. The first kappa shape index (κ1) is 20.3. The molecule has 0 atom stereocenters. The van der Waals surface area contributed by atoms with Crippen LogP contribution in [-0.4, -0.2) is 26.1 Å². The number of hydrogen-bond donors (Lipinski definition) is 1. The molecule has 1 amide bonds. The van der Waals surface area contributed by atoms with Crippen LogP contribution in [0, 0.1) is 0 Å². The van der Waals surface area contributed by atoms with E-state index >= 15 is 0 Å². The monoisotopic (exact) mass is 413 g/mol. The second-order valence-corrected chi connectivity index (χ2v) is 7.38. The molecule has 0 fully saturated rings. The highest BCUT2D eigenvalue weighted by Crippen LogP contribution is 2.21. The van der Waals surface area contributed by atoms with E-state index in [1.807, 2.05) is 80.6 Å². The molecule has 7 nitrogen and oxygen atoms in total. The summed E-state index contributed by atoms with van der Waals surface area (Å²) in [6.07, 6.45) is 0. The number of tetrazole rings is 1. The number of anilines is 1. The molecule has 0 saturated carbocycles. The second kappa shape index (κ2) is 9.21. The highest BCUT2D eigenvalue weighted by atomic mass is 16.5. The SMILES string of the molecule is CC(C)n1nnnc1-c1cccc(C(=O)Nc2cccc(COc3ccccc3)c2)c1. The summed E-state index contributed by atoms with van der Waals surface area (Å²) in [5, 5.41) is 14.8. The summed E-state index contributed by atoms with van der Waals surface area (Å²) in [5.41, 5.74) is 2.99. The van der Waals surface area contributed by atoms with Crippen LogP contribution >= 0.6 is 0 Å². The second-order valence-electron chi connectivity index (χ2n) is 7.38. The number of carbonyl (C=O) groups is 1. The Labute approximate surface area is 180 Å². The van der Waals surface area contributed by atoms with Crippen LogP contribution < -0.4 is 10.1 Å². The smallest absolute Gasteiger partial charge is 0.255 e. The van der Waals surface area contributed by atoms with Crippen LogP contribution in [0.2, 0.25) is 0 Å². The van der Waals surface area contributed by atoms with Gasteiger partial charge in [-0.25, -0.2) is 4.68 Å². The van der Waals surface area contributed by atoms with Crippen molar-refractivity contribution in [3.05, 3.63) is 90.0 Å². The Bertz CT molecular complexity index is 1170. The highest BCUT2D eigenvalue weighted by molar-refractivity contribution is 6.04. The Balaban J connectivity index is 1.47. The topological polar surface area (TPSA) is 81.9 Å². The fraction of sp³-hybridized carbons (Fsp3) is 0.167. The maximum atomic E-state index is 12.8. The molecule has 0 aliphatic rings. The maximum absolute atomic E-state index is 12.8. The van der Waals surface area contributed by atoms with Crippen LogP contribution in [0.15, 0.2) is 78.9 Å². The normalized spacial score (nSPS) is 10.8. The molecule has 0 unspecified atom stereocenters. The summed E-state index contributed by atoms with van der Waals surface area (Å²) < 4.78 is 7.52. The van der Waals surface area contributed by atoms with Crippen LogP contribution in [0.25, 0.3) is 11.4 Å². The van der Waals surface area contributed by atoms with Gasteiger partial charge in [0.2, 0.25) is 0 Å².